The van der Waals surface area contributed by atoms with Crippen molar-refractivity contribution < 1.29 is 79.9 Å². The zero-order chi connectivity index (χ0) is 34.2. The van der Waals surface area contributed by atoms with Crippen LogP contribution in [-0.4, -0.2) is 106 Å². The molecule has 2 aromatic rings. The second kappa shape index (κ2) is 14.1. The molecule has 2 aliphatic rings. The van der Waals surface area contributed by atoms with E-state index in [9.17, 15) is 62.5 Å². The summed E-state index contributed by atoms with van der Waals surface area (Å²) in [6.45, 7) is -0.491. The third-order valence-corrected chi connectivity index (χ3v) is 10.5. The van der Waals surface area contributed by atoms with E-state index in [0.717, 1.165) is 17.8 Å². The molecule has 21 nitrogen and oxygen atoms in total. The zero-order valence-electron chi connectivity index (χ0n) is 23.3. The number of benzene rings is 1. The summed E-state index contributed by atoms with van der Waals surface area (Å²) in [6.07, 6.45) is -17.0. The fourth-order valence-corrected chi connectivity index (χ4v) is 7.25. The maximum Gasteiger partial charge on any atom is 0.330 e. The summed E-state index contributed by atoms with van der Waals surface area (Å²) < 4.78 is 78.0. The van der Waals surface area contributed by atoms with Gasteiger partial charge in [0.1, 0.15) is 42.7 Å². The molecule has 0 amide bonds. The Bertz CT molecular complexity index is 1700. The Morgan fingerprint density at radius 2 is 1.48 bits per heavy atom. The number of nitrogens with zero attached hydrogens (tertiary/aromatic N) is 1. The van der Waals surface area contributed by atoms with Crippen molar-refractivity contribution in [1.82, 2.24) is 9.55 Å². The highest BCUT2D eigenvalue weighted by Crippen LogP contribution is 2.57. The number of aliphatic hydroxyl groups is 5. The molecule has 2 saturated heterocycles. The van der Waals surface area contributed by atoms with E-state index in [4.69, 9.17) is 13.7 Å². The number of nitrogens with one attached hydrogen (secondary N) is 1. The van der Waals surface area contributed by atoms with Crippen LogP contribution >= 0.6 is 15.6 Å². The normalized spacial score (nSPS) is 32.9. The lowest BCUT2D eigenvalue weighted by Gasteiger charge is -2.42. The molecule has 24 heteroatoms. The van der Waals surface area contributed by atoms with E-state index in [-0.39, 0.29) is 4.90 Å². The number of aliphatic hydroxyl groups excluding tert-OH is 5. The van der Waals surface area contributed by atoms with Crippen LogP contribution in [0.3, 0.4) is 0 Å². The highest BCUT2D eigenvalue weighted by Gasteiger charge is 2.47. The Labute approximate surface area is 258 Å². The first-order valence-electron chi connectivity index (χ1n) is 13.0. The summed E-state index contributed by atoms with van der Waals surface area (Å²) in [7, 11) is -16.4. The van der Waals surface area contributed by atoms with Gasteiger partial charge in [0.2, 0.25) is 0 Å². The quantitative estimate of drug-likeness (QED) is 0.0892. The second-order valence-corrected chi connectivity index (χ2v) is 14.5. The lowest BCUT2D eigenvalue weighted by molar-refractivity contribution is -0.304. The number of H-pyrrole nitrogens is 1. The highest BCUT2D eigenvalue weighted by molar-refractivity contribution is 7.86. The number of ether oxygens (including phenoxy) is 2. The first kappa shape index (κ1) is 36.6. The lowest BCUT2D eigenvalue weighted by Crippen LogP contribution is -2.59. The van der Waals surface area contributed by atoms with Gasteiger partial charge in [-0.2, -0.15) is 8.42 Å². The molecule has 1 aromatic carbocycles. The van der Waals surface area contributed by atoms with Gasteiger partial charge in [0, 0.05) is 12.3 Å². The van der Waals surface area contributed by atoms with Crippen molar-refractivity contribution >= 4 is 25.8 Å². The topological polar surface area (TPSA) is 326 Å². The number of hydrogen-bond donors (Lipinski definition) is 6. The average molecular weight is 718 g/mol. The van der Waals surface area contributed by atoms with E-state index in [2.05, 4.69) is 13.4 Å². The molecule has 0 radical (unpaired) electrons. The molecule has 6 N–H and O–H groups in total. The summed E-state index contributed by atoms with van der Waals surface area (Å²) in [5, 5.41) is 50.9. The van der Waals surface area contributed by atoms with Gasteiger partial charge >= 0.3 is 5.69 Å². The number of aromatic amines is 1. The van der Waals surface area contributed by atoms with Gasteiger partial charge in [-0.1, -0.05) is 17.7 Å². The van der Waals surface area contributed by atoms with Gasteiger partial charge in [-0.15, -0.1) is 0 Å². The third-order valence-electron chi connectivity index (χ3n) is 6.66. The minimum atomic E-state index is -6.08. The Balaban J connectivity index is 1.36. The van der Waals surface area contributed by atoms with E-state index >= 15 is 0 Å². The first-order chi connectivity index (χ1) is 21.3. The van der Waals surface area contributed by atoms with Crippen LogP contribution < -0.4 is 21.0 Å². The molecule has 4 rings (SSSR count). The second-order valence-electron chi connectivity index (χ2n) is 10.0. The smallest absolute Gasteiger partial charge is 0.330 e. The summed E-state index contributed by atoms with van der Waals surface area (Å²) in [5.41, 5.74) is -1.09. The van der Waals surface area contributed by atoms with Crippen molar-refractivity contribution in [3.05, 3.63) is 62.9 Å². The number of phosphoric ester groups is 2. The van der Waals surface area contributed by atoms with Crippen molar-refractivity contribution in [2.45, 2.75) is 67.1 Å². The van der Waals surface area contributed by atoms with Gasteiger partial charge in [-0.05, 0) is 19.1 Å². The maximum absolute atomic E-state index is 12.5. The number of aryl methyl sites for hydroxylation is 1. The van der Waals surface area contributed by atoms with Crippen molar-refractivity contribution in [2.24, 2.45) is 0 Å². The van der Waals surface area contributed by atoms with Crippen LogP contribution in [0.4, 0.5) is 0 Å². The van der Waals surface area contributed by atoms with Crippen molar-refractivity contribution in [2.75, 3.05) is 13.2 Å². The molecule has 6 unspecified atom stereocenters. The van der Waals surface area contributed by atoms with Gasteiger partial charge in [-0.3, -0.25) is 32.2 Å². The number of phosphoric acid groups is 2. The van der Waals surface area contributed by atoms with Crippen molar-refractivity contribution in [3.63, 3.8) is 0 Å². The zero-order valence-corrected chi connectivity index (χ0v) is 25.9. The van der Waals surface area contributed by atoms with Gasteiger partial charge in [0.05, 0.1) is 18.1 Å². The third kappa shape index (κ3) is 8.62. The van der Waals surface area contributed by atoms with E-state index in [0.29, 0.717) is 4.57 Å². The molecule has 11 atom stereocenters. The largest absolute Gasteiger partial charge is 0.756 e. The van der Waals surface area contributed by atoms with Crippen LogP contribution in [-0.2, 0) is 46.3 Å². The predicted molar refractivity (Wildman–Crippen MR) is 142 cm³/mol. The van der Waals surface area contributed by atoms with Crippen molar-refractivity contribution in [3.8, 4) is 0 Å². The van der Waals surface area contributed by atoms with Gasteiger partial charge < -0.3 is 49.3 Å². The molecule has 258 valence electrons. The van der Waals surface area contributed by atoms with Crippen LogP contribution in [0.1, 0.15) is 11.8 Å². The van der Waals surface area contributed by atoms with Crippen LogP contribution in [0, 0.1) is 6.92 Å². The molecule has 3 heterocycles. The summed E-state index contributed by atoms with van der Waals surface area (Å²) in [4.78, 5) is 49.5. The SMILES string of the molecule is Cc1ccc(S(=O)(=O)OCC2O[C@@H](OP(=O)([O-])OP(=O)([O-])OCC3OC(n4ccc(=O)[nH]c4=O)[C@H](O)[C@@H]3O)C(O)[C@@H](O)[C@H]2O)cc1. The molecule has 46 heavy (non-hydrogen) atoms. The Hall–Kier alpha value is -2.21. The summed E-state index contributed by atoms with van der Waals surface area (Å²) in [6, 6.07) is 6.27. The summed E-state index contributed by atoms with van der Waals surface area (Å²) in [5.74, 6) is 0. The number of aromatic nitrogens is 2. The molecule has 0 bridgehead atoms. The average Bonchev–Trinajstić information content (AvgIpc) is 3.24. The van der Waals surface area contributed by atoms with Crippen molar-refractivity contribution in [1.29, 1.82) is 0 Å². The number of rotatable bonds is 12. The van der Waals surface area contributed by atoms with Gasteiger partial charge in [0.25, 0.3) is 31.3 Å². The molecular weight excluding hydrogens is 690 g/mol. The van der Waals surface area contributed by atoms with Crippen LogP contribution in [0.15, 0.2) is 51.0 Å². The molecular formula is C22H28N2O19P2S-2. The Kier molecular flexibility index (Phi) is 11.2. The molecule has 2 aliphatic heterocycles. The molecule has 2 fully saturated rings. The molecule has 0 aliphatic carbocycles. The Morgan fingerprint density at radius 1 is 0.870 bits per heavy atom. The van der Waals surface area contributed by atoms with E-state index in [1.54, 1.807) is 6.92 Å². The number of hydrogen-bond acceptors (Lipinski definition) is 19. The van der Waals surface area contributed by atoms with Crippen LogP contribution in [0.5, 0.6) is 0 Å². The Morgan fingerprint density at radius 3 is 2.11 bits per heavy atom. The van der Waals surface area contributed by atoms with Gasteiger partial charge in [0.15, 0.2) is 12.5 Å². The minimum Gasteiger partial charge on any atom is -0.756 e. The fourth-order valence-electron chi connectivity index (χ4n) is 4.25. The maximum atomic E-state index is 12.5. The monoisotopic (exact) mass is 718 g/mol. The van der Waals surface area contributed by atoms with E-state index < -0.39 is 105 Å². The first-order valence-corrected chi connectivity index (χ1v) is 17.3. The van der Waals surface area contributed by atoms with Gasteiger partial charge in [-0.25, -0.2) is 9.11 Å². The highest BCUT2D eigenvalue weighted by atomic mass is 32.2. The fraction of sp³-hybridized carbons (Fsp3) is 0.545. The molecule has 1 aromatic heterocycles. The van der Waals surface area contributed by atoms with Crippen LogP contribution in [0.25, 0.3) is 0 Å². The lowest BCUT2D eigenvalue weighted by atomic mass is 10.00. The van der Waals surface area contributed by atoms with Crippen LogP contribution in [0.2, 0.25) is 0 Å². The summed E-state index contributed by atoms with van der Waals surface area (Å²) >= 11 is 0. The van der Waals surface area contributed by atoms with E-state index in [1.807, 2.05) is 4.98 Å². The standard InChI is InChI=1S/C22H30N2O19P2S/c1-10-2-4-11(5-3-10)46(36,37)39-9-13-15(26)17(28)19(30)21(41-13)42-45(34,35)43-44(32,33)38-8-12-16(27)18(29)20(40-12)24-7-6-14(25)23-22(24)31/h2-7,12-13,15-21,26-30H,8-9H2,1H3,(H,32,33)(H,34,35)(H,23,25,31)/p-2/t12?,13?,15-,16+,17-,18+,19?,20?,21-/m0/s1. The molecule has 0 spiro atoms. The van der Waals surface area contributed by atoms with E-state index in [1.165, 1.54) is 24.3 Å². The minimum absolute atomic E-state index is 0.286. The predicted octanol–water partition coefficient (Wildman–Crippen LogP) is -4.34. The molecule has 0 saturated carbocycles.